The van der Waals surface area contributed by atoms with Crippen LogP contribution >= 0.6 is 11.3 Å². The van der Waals surface area contributed by atoms with Crippen molar-refractivity contribution >= 4 is 21.6 Å². The lowest BCUT2D eigenvalue weighted by Gasteiger charge is -2.11. The SMILES string of the molecule is COCCn1c(C)nc2sc3c(c2c1=O)CCCC3. The maximum absolute atomic E-state index is 12.7. The van der Waals surface area contributed by atoms with E-state index in [0.717, 1.165) is 28.9 Å². The van der Waals surface area contributed by atoms with Crippen molar-refractivity contribution in [1.29, 1.82) is 0 Å². The second kappa shape index (κ2) is 5.06. The minimum atomic E-state index is 0.110. The number of nitrogens with zero attached hydrogens (tertiary/aromatic N) is 2. The van der Waals surface area contributed by atoms with E-state index >= 15 is 0 Å². The summed E-state index contributed by atoms with van der Waals surface area (Å²) in [5.41, 5.74) is 1.37. The smallest absolute Gasteiger partial charge is 0.262 e. The quantitative estimate of drug-likeness (QED) is 0.865. The first-order valence-electron chi connectivity index (χ1n) is 6.73. The fourth-order valence-electron chi connectivity index (χ4n) is 2.79. The van der Waals surface area contributed by atoms with Crippen LogP contribution in [0.2, 0.25) is 0 Å². The summed E-state index contributed by atoms with van der Waals surface area (Å²) in [5.74, 6) is 0.785. The van der Waals surface area contributed by atoms with E-state index in [9.17, 15) is 4.79 Å². The molecule has 0 atom stereocenters. The number of ether oxygens (including phenoxy) is 1. The Hall–Kier alpha value is -1.20. The van der Waals surface area contributed by atoms with Gasteiger partial charge in [0, 0.05) is 12.0 Å². The van der Waals surface area contributed by atoms with Crippen LogP contribution in [0.25, 0.3) is 10.2 Å². The second-order valence-electron chi connectivity index (χ2n) is 5.00. The normalized spacial score (nSPS) is 14.8. The molecule has 102 valence electrons. The molecule has 0 radical (unpaired) electrons. The zero-order valence-electron chi connectivity index (χ0n) is 11.4. The molecule has 5 heteroatoms. The highest BCUT2D eigenvalue weighted by atomic mass is 32.1. The molecule has 2 aromatic rings. The molecule has 19 heavy (non-hydrogen) atoms. The van der Waals surface area contributed by atoms with Gasteiger partial charge in [-0.15, -0.1) is 11.3 Å². The molecule has 0 amide bonds. The Bertz CT molecular complexity index is 672. The summed E-state index contributed by atoms with van der Waals surface area (Å²) in [6, 6.07) is 0. The molecule has 2 heterocycles. The minimum absolute atomic E-state index is 0.110. The summed E-state index contributed by atoms with van der Waals surface area (Å²) in [6.07, 6.45) is 4.55. The third kappa shape index (κ3) is 2.11. The number of hydrogen-bond donors (Lipinski definition) is 0. The van der Waals surface area contributed by atoms with Gasteiger partial charge in [-0.05, 0) is 38.2 Å². The van der Waals surface area contributed by atoms with Crippen LogP contribution in [0.15, 0.2) is 4.79 Å². The number of thiophene rings is 1. The number of rotatable bonds is 3. The molecule has 2 aromatic heterocycles. The van der Waals surface area contributed by atoms with Gasteiger partial charge in [0.2, 0.25) is 0 Å². The Morgan fingerprint density at radius 2 is 2.16 bits per heavy atom. The minimum Gasteiger partial charge on any atom is -0.383 e. The molecular weight excluding hydrogens is 260 g/mol. The van der Waals surface area contributed by atoms with Crippen LogP contribution in [-0.2, 0) is 24.1 Å². The molecule has 3 rings (SSSR count). The topological polar surface area (TPSA) is 44.1 Å². The van der Waals surface area contributed by atoms with Crippen LogP contribution in [-0.4, -0.2) is 23.3 Å². The first-order chi connectivity index (χ1) is 9.22. The fourth-order valence-corrected chi connectivity index (χ4v) is 4.08. The Balaban J connectivity index is 2.21. The molecule has 4 nitrogen and oxygen atoms in total. The monoisotopic (exact) mass is 278 g/mol. The standard InChI is InChI=1S/C14H18N2O2S/c1-9-15-13-12(14(17)16(9)7-8-18-2)10-5-3-4-6-11(10)19-13/h3-8H2,1-2H3. The Morgan fingerprint density at radius 1 is 1.37 bits per heavy atom. The first kappa shape index (κ1) is 12.8. The predicted molar refractivity (Wildman–Crippen MR) is 77.1 cm³/mol. The van der Waals surface area contributed by atoms with Gasteiger partial charge in [0.25, 0.3) is 5.56 Å². The van der Waals surface area contributed by atoms with E-state index in [4.69, 9.17) is 4.74 Å². The molecule has 0 spiro atoms. The van der Waals surface area contributed by atoms with Crippen molar-refractivity contribution in [3.63, 3.8) is 0 Å². The maximum Gasteiger partial charge on any atom is 0.262 e. The summed E-state index contributed by atoms with van der Waals surface area (Å²) in [7, 11) is 1.65. The fraction of sp³-hybridized carbons (Fsp3) is 0.571. The highest BCUT2D eigenvalue weighted by molar-refractivity contribution is 7.18. The van der Waals surface area contributed by atoms with Gasteiger partial charge in [-0.1, -0.05) is 0 Å². The molecule has 0 N–H and O–H groups in total. The molecule has 0 aliphatic heterocycles. The van der Waals surface area contributed by atoms with E-state index in [2.05, 4.69) is 4.98 Å². The van der Waals surface area contributed by atoms with Crippen molar-refractivity contribution < 1.29 is 4.74 Å². The van der Waals surface area contributed by atoms with Gasteiger partial charge in [0.15, 0.2) is 0 Å². The van der Waals surface area contributed by atoms with Crippen molar-refractivity contribution in [2.45, 2.75) is 39.2 Å². The predicted octanol–water partition coefficient (Wildman–Crippen LogP) is 2.29. The lowest BCUT2D eigenvalue weighted by Crippen LogP contribution is -2.26. The zero-order chi connectivity index (χ0) is 13.4. The van der Waals surface area contributed by atoms with Crippen LogP contribution in [0, 0.1) is 6.92 Å². The van der Waals surface area contributed by atoms with Crippen molar-refractivity contribution in [3.8, 4) is 0 Å². The Morgan fingerprint density at radius 3 is 2.95 bits per heavy atom. The van der Waals surface area contributed by atoms with E-state index in [1.807, 2.05) is 6.92 Å². The lowest BCUT2D eigenvalue weighted by molar-refractivity contribution is 0.185. The molecular formula is C14H18N2O2S. The summed E-state index contributed by atoms with van der Waals surface area (Å²) in [5, 5.41) is 0.862. The molecule has 0 aromatic carbocycles. The van der Waals surface area contributed by atoms with Gasteiger partial charge < -0.3 is 4.74 Å². The molecule has 0 unspecified atom stereocenters. The molecule has 0 saturated carbocycles. The average Bonchev–Trinajstić information content (AvgIpc) is 2.76. The van der Waals surface area contributed by atoms with Gasteiger partial charge >= 0.3 is 0 Å². The molecule has 0 fully saturated rings. The molecule has 0 bridgehead atoms. The van der Waals surface area contributed by atoms with Crippen molar-refractivity contribution in [3.05, 3.63) is 26.6 Å². The first-order valence-corrected chi connectivity index (χ1v) is 7.54. The van der Waals surface area contributed by atoms with Crippen molar-refractivity contribution in [1.82, 2.24) is 9.55 Å². The highest BCUT2D eigenvalue weighted by Crippen LogP contribution is 2.33. The Labute approximate surface area is 116 Å². The van der Waals surface area contributed by atoms with E-state index in [0.29, 0.717) is 13.2 Å². The summed E-state index contributed by atoms with van der Waals surface area (Å²) < 4.78 is 6.82. The summed E-state index contributed by atoms with van der Waals surface area (Å²) in [6.45, 7) is 3.02. The van der Waals surface area contributed by atoms with Crippen LogP contribution in [0.3, 0.4) is 0 Å². The van der Waals surface area contributed by atoms with E-state index < -0.39 is 0 Å². The number of methoxy groups -OCH3 is 1. The van der Waals surface area contributed by atoms with E-state index in [-0.39, 0.29) is 5.56 Å². The van der Waals surface area contributed by atoms with Crippen molar-refractivity contribution in [2.24, 2.45) is 0 Å². The van der Waals surface area contributed by atoms with Crippen LogP contribution in [0.4, 0.5) is 0 Å². The van der Waals surface area contributed by atoms with Crippen molar-refractivity contribution in [2.75, 3.05) is 13.7 Å². The molecule has 0 saturated heterocycles. The number of hydrogen-bond acceptors (Lipinski definition) is 4. The average molecular weight is 278 g/mol. The van der Waals surface area contributed by atoms with Gasteiger partial charge in [-0.3, -0.25) is 9.36 Å². The van der Waals surface area contributed by atoms with Crippen LogP contribution in [0.5, 0.6) is 0 Å². The maximum atomic E-state index is 12.7. The largest absolute Gasteiger partial charge is 0.383 e. The summed E-state index contributed by atoms with van der Waals surface area (Å²) >= 11 is 1.70. The summed E-state index contributed by atoms with van der Waals surface area (Å²) in [4.78, 5) is 19.6. The van der Waals surface area contributed by atoms with E-state index in [1.54, 1.807) is 23.0 Å². The highest BCUT2D eigenvalue weighted by Gasteiger charge is 2.20. The molecule has 1 aliphatic carbocycles. The second-order valence-corrected chi connectivity index (χ2v) is 6.08. The third-order valence-corrected chi connectivity index (χ3v) is 4.97. The van der Waals surface area contributed by atoms with Crippen LogP contribution < -0.4 is 5.56 Å². The van der Waals surface area contributed by atoms with Gasteiger partial charge in [0.1, 0.15) is 10.7 Å². The number of fused-ring (bicyclic) bond motifs is 3. The molecule has 1 aliphatic rings. The zero-order valence-corrected chi connectivity index (χ0v) is 12.2. The number of aryl methyl sites for hydroxylation is 3. The number of aromatic nitrogens is 2. The van der Waals surface area contributed by atoms with E-state index in [1.165, 1.54) is 23.3 Å². The Kier molecular flexibility index (Phi) is 3.41. The van der Waals surface area contributed by atoms with Gasteiger partial charge in [-0.2, -0.15) is 0 Å². The van der Waals surface area contributed by atoms with Crippen LogP contribution in [0.1, 0.15) is 29.1 Å². The van der Waals surface area contributed by atoms with Gasteiger partial charge in [0.05, 0.1) is 18.5 Å². The lowest BCUT2D eigenvalue weighted by atomic mass is 9.97. The third-order valence-electron chi connectivity index (χ3n) is 3.78. The van der Waals surface area contributed by atoms with Gasteiger partial charge in [-0.25, -0.2) is 4.98 Å².